The van der Waals surface area contributed by atoms with Gasteiger partial charge in [0.25, 0.3) is 0 Å². The highest BCUT2D eigenvalue weighted by molar-refractivity contribution is 5.78. The summed E-state index contributed by atoms with van der Waals surface area (Å²) in [5, 5.41) is 0. The van der Waals surface area contributed by atoms with Crippen molar-refractivity contribution in [3.8, 4) is 0 Å². The lowest BCUT2D eigenvalue weighted by atomic mass is 10.0. The predicted molar refractivity (Wildman–Crippen MR) is 123 cm³/mol. The summed E-state index contributed by atoms with van der Waals surface area (Å²) in [5.74, 6) is 2.61. The first-order valence-electron chi connectivity index (χ1n) is 11.3. The molecule has 0 unspecified atom stereocenters. The van der Waals surface area contributed by atoms with E-state index in [1.54, 1.807) is 0 Å². The summed E-state index contributed by atoms with van der Waals surface area (Å²) in [7, 11) is 0. The third-order valence-corrected chi connectivity index (χ3v) is 6.15. The molecule has 2 aromatic rings. The number of anilines is 1. The van der Waals surface area contributed by atoms with E-state index in [1.165, 1.54) is 16.7 Å². The van der Waals surface area contributed by atoms with Crippen LogP contribution in [-0.2, 0) is 11.2 Å². The first-order valence-corrected chi connectivity index (χ1v) is 11.3. The minimum absolute atomic E-state index is 0.0481. The monoisotopic (exact) mass is 408 g/mol. The quantitative estimate of drug-likeness (QED) is 0.706. The Bertz CT molecular complexity index is 867. The summed E-state index contributed by atoms with van der Waals surface area (Å²) in [6, 6.07) is 8.71. The van der Waals surface area contributed by atoms with Crippen molar-refractivity contribution in [2.45, 2.75) is 60.3 Å². The van der Waals surface area contributed by atoms with Crippen molar-refractivity contribution in [3.05, 3.63) is 52.5 Å². The number of carbonyl (C=O) groups excluding carboxylic acids is 1. The number of hydrogen-bond donors (Lipinski definition) is 0. The molecule has 1 aromatic heterocycles. The van der Waals surface area contributed by atoms with Crippen LogP contribution in [0, 0.1) is 19.8 Å². The lowest BCUT2D eigenvalue weighted by molar-refractivity contribution is -0.134. The van der Waals surface area contributed by atoms with Gasteiger partial charge in [-0.15, -0.1) is 0 Å². The molecule has 0 bridgehead atoms. The Labute approximate surface area is 181 Å². The van der Waals surface area contributed by atoms with Gasteiger partial charge in [-0.05, 0) is 25.8 Å². The fourth-order valence-electron chi connectivity index (χ4n) is 3.89. The molecule has 162 valence electrons. The number of nitrogens with zero attached hydrogens (tertiary/aromatic N) is 4. The van der Waals surface area contributed by atoms with E-state index in [9.17, 15) is 4.79 Å². The Morgan fingerprint density at radius 3 is 2.20 bits per heavy atom. The molecule has 1 saturated heterocycles. The van der Waals surface area contributed by atoms with Crippen LogP contribution in [0.25, 0.3) is 0 Å². The molecule has 1 aliphatic rings. The van der Waals surface area contributed by atoms with Crippen molar-refractivity contribution in [1.82, 2.24) is 14.9 Å². The summed E-state index contributed by atoms with van der Waals surface area (Å²) in [4.78, 5) is 26.7. The fourth-order valence-corrected chi connectivity index (χ4v) is 3.89. The summed E-state index contributed by atoms with van der Waals surface area (Å²) in [6.45, 7) is 15.7. The Hall–Kier alpha value is -2.43. The SMILES string of the molecule is CC[C@@H](C)c1nc(C)c(Cc2ccc(C)cc2)c(N2CCN(C(=O)C(C)C)CC2)n1. The third-order valence-electron chi connectivity index (χ3n) is 6.15. The van der Waals surface area contributed by atoms with E-state index in [2.05, 4.69) is 56.9 Å². The first-order chi connectivity index (χ1) is 14.3. The highest BCUT2D eigenvalue weighted by Gasteiger charge is 2.26. The van der Waals surface area contributed by atoms with Gasteiger partial charge in [0.15, 0.2) is 0 Å². The molecule has 5 heteroatoms. The zero-order valence-electron chi connectivity index (χ0n) is 19.4. The molecule has 3 rings (SSSR count). The normalized spacial score (nSPS) is 15.6. The number of aromatic nitrogens is 2. The molecule has 1 aliphatic heterocycles. The van der Waals surface area contributed by atoms with Crippen LogP contribution in [0.4, 0.5) is 5.82 Å². The van der Waals surface area contributed by atoms with E-state index in [4.69, 9.17) is 9.97 Å². The predicted octanol–water partition coefficient (Wildman–Crippen LogP) is 4.50. The van der Waals surface area contributed by atoms with E-state index < -0.39 is 0 Å². The van der Waals surface area contributed by atoms with E-state index in [-0.39, 0.29) is 11.8 Å². The molecule has 1 atom stereocenters. The average molecular weight is 409 g/mol. The van der Waals surface area contributed by atoms with Crippen LogP contribution < -0.4 is 4.90 Å². The molecular formula is C25H36N4O. The van der Waals surface area contributed by atoms with Crippen LogP contribution in [0.15, 0.2) is 24.3 Å². The van der Waals surface area contributed by atoms with Gasteiger partial charge in [-0.25, -0.2) is 9.97 Å². The summed E-state index contributed by atoms with van der Waals surface area (Å²) in [6.07, 6.45) is 1.85. The average Bonchev–Trinajstić information content (AvgIpc) is 2.75. The second-order valence-electron chi connectivity index (χ2n) is 8.91. The molecule has 30 heavy (non-hydrogen) atoms. The zero-order chi connectivity index (χ0) is 21.8. The number of rotatable bonds is 6. The van der Waals surface area contributed by atoms with E-state index in [1.807, 2.05) is 18.7 Å². The fraction of sp³-hybridized carbons (Fsp3) is 0.560. The topological polar surface area (TPSA) is 49.3 Å². The largest absolute Gasteiger partial charge is 0.353 e. The summed E-state index contributed by atoms with van der Waals surface area (Å²) in [5.41, 5.74) is 4.81. The van der Waals surface area contributed by atoms with Crippen LogP contribution in [0.5, 0.6) is 0 Å². The maximum Gasteiger partial charge on any atom is 0.225 e. The molecule has 2 heterocycles. The molecule has 5 nitrogen and oxygen atoms in total. The van der Waals surface area contributed by atoms with Crippen molar-refractivity contribution < 1.29 is 4.79 Å². The highest BCUT2D eigenvalue weighted by Crippen LogP contribution is 2.28. The maximum atomic E-state index is 12.4. The van der Waals surface area contributed by atoms with Crippen molar-refractivity contribution in [1.29, 1.82) is 0 Å². The Kier molecular flexibility index (Phi) is 7.11. The van der Waals surface area contributed by atoms with Crippen molar-refractivity contribution in [3.63, 3.8) is 0 Å². The summed E-state index contributed by atoms with van der Waals surface area (Å²) < 4.78 is 0. The van der Waals surface area contributed by atoms with Crippen LogP contribution >= 0.6 is 0 Å². The van der Waals surface area contributed by atoms with E-state index >= 15 is 0 Å². The van der Waals surface area contributed by atoms with E-state index in [0.29, 0.717) is 5.92 Å². The van der Waals surface area contributed by atoms with Gasteiger partial charge >= 0.3 is 0 Å². The van der Waals surface area contributed by atoms with Crippen LogP contribution in [0.2, 0.25) is 0 Å². The smallest absolute Gasteiger partial charge is 0.225 e. The molecule has 0 N–H and O–H groups in total. The Balaban J connectivity index is 1.91. The lowest BCUT2D eigenvalue weighted by Crippen LogP contribution is -2.50. The lowest BCUT2D eigenvalue weighted by Gasteiger charge is -2.37. The number of carbonyl (C=O) groups is 1. The van der Waals surface area contributed by atoms with E-state index in [0.717, 1.165) is 56.4 Å². The van der Waals surface area contributed by atoms with Gasteiger partial charge < -0.3 is 9.80 Å². The van der Waals surface area contributed by atoms with Crippen LogP contribution in [-0.4, -0.2) is 47.0 Å². The maximum absolute atomic E-state index is 12.4. The second kappa shape index (κ2) is 9.59. The molecule has 0 radical (unpaired) electrons. The number of aryl methyl sites for hydroxylation is 2. The van der Waals surface area contributed by atoms with Crippen molar-refractivity contribution in [2.24, 2.45) is 5.92 Å². The first kappa shape index (κ1) is 22.3. The Morgan fingerprint density at radius 2 is 1.63 bits per heavy atom. The van der Waals surface area contributed by atoms with Gasteiger partial charge in [0.2, 0.25) is 5.91 Å². The van der Waals surface area contributed by atoms with Gasteiger partial charge in [-0.2, -0.15) is 0 Å². The van der Waals surface area contributed by atoms with Crippen molar-refractivity contribution >= 4 is 11.7 Å². The summed E-state index contributed by atoms with van der Waals surface area (Å²) >= 11 is 0. The minimum atomic E-state index is 0.0481. The highest BCUT2D eigenvalue weighted by atomic mass is 16.2. The van der Waals surface area contributed by atoms with Crippen molar-refractivity contribution in [2.75, 3.05) is 31.1 Å². The molecule has 1 amide bonds. The zero-order valence-corrected chi connectivity index (χ0v) is 19.4. The molecule has 0 spiro atoms. The van der Waals surface area contributed by atoms with Gasteiger partial charge in [-0.3, -0.25) is 4.79 Å². The number of amides is 1. The Morgan fingerprint density at radius 1 is 1.00 bits per heavy atom. The molecule has 1 aromatic carbocycles. The van der Waals surface area contributed by atoms with Crippen LogP contribution in [0.1, 0.15) is 68.2 Å². The second-order valence-corrected chi connectivity index (χ2v) is 8.91. The third kappa shape index (κ3) is 5.00. The van der Waals surface area contributed by atoms with Gasteiger partial charge in [-0.1, -0.05) is 57.5 Å². The number of piperazine rings is 1. The standard InChI is InChI=1S/C25H36N4O/c1-7-19(5)23-26-20(6)22(16-21-10-8-18(4)9-11-21)24(27-23)28-12-14-29(15-13-28)25(30)17(2)3/h8-11,17,19H,7,12-16H2,1-6H3/t19-/m1/s1. The molecule has 0 saturated carbocycles. The van der Waals surface area contributed by atoms with Crippen LogP contribution in [0.3, 0.4) is 0 Å². The molecule has 1 fully saturated rings. The number of hydrogen-bond acceptors (Lipinski definition) is 4. The molecule has 0 aliphatic carbocycles. The van der Waals surface area contributed by atoms with Gasteiger partial charge in [0.05, 0.1) is 0 Å². The van der Waals surface area contributed by atoms with Gasteiger partial charge in [0.1, 0.15) is 11.6 Å². The minimum Gasteiger partial charge on any atom is -0.353 e. The van der Waals surface area contributed by atoms with Gasteiger partial charge in [0, 0.05) is 55.7 Å². The molecular weight excluding hydrogens is 372 g/mol. The number of benzene rings is 1.